The van der Waals surface area contributed by atoms with Gasteiger partial charge in [0, 0.05) is 6.61 Å². The van der Waals surface area contributed by atoms with E-state index in [-0.39, 0.29) is 24.2 Å². The lowest BCUT2D eigenvalue weighted by Crippen LogP contribution is -2.55. The first kappa shape index (κ1) is 48.5. The quantitative estimate of drug-likeness (QED) is 0.0264. The van der Waals surface area contributed by atoms with Crippen molar-refractivity contribution in [1.82, 2.24) is 0 Å². The Bertz CT molecular complexity index is 778. The van der Waals surface area contributed by atoms with Crippen LogP contribution >= 0.6 is 7.82 Å². The molecule has 0 saturated heterocycles. The van der Waals surface area contributed by atoms with Crippen molar-refractivity contribution >= 4 is 7.82 Å². The van der Waals surface area contributed by atoms with E-state index in [2.05, 4.69) is 19.1 Å². The molecule has 0 radical (unpaired) electrons. The van der Waals surface area contributed by atoms with E-state index in [0.29, 0.717) is 52.7 Å². The Kier molecular flexibility index (Phi) is 33.1. The van der Waals surface area contributed by atoms with Crippen molar-refractivity contribution in [2.24, 2.45) is 0 Å². The van der Waals surface area contributed by atoms with Crippen LogP contribution in [-0.2, 0) is 32.6 Å². The van der Waals surface area contributed by atoms with Crippen LogP contribution in [0.3, 0.4) is 0 Å². The lowest BCUT2D eigenvalue weighted by Gasteiger charge is -2.38. The van der Waals surface area contributed by atoms with Gasteiger partial charge in [-0.2, -0.15) is 0 Å². The van der Waals surface area contributed by atoms with Crippen LogP contribution < -0.4 is 0 Å². The highest BCUT2D eigenvalue weighted by Gasteiger charge is 2.31. The van der Waals surface area contributed by atoms with Gasteiger partial charge in [0.2, 0.25) is 0 Å². The summed E-state index contributed by atoms with van der Waals surface area (Å²) in [5, 5.41) is 29.8. The first-order chi connectivity index (χ1) is 23.5. The third-order valence-corrected chi connectivity index (χ3v) is 8.87. The average molecular weight is 729 g/mol. The second kappa shape index (κ2) is 33.4. The van der Waals surface area contributed by atoms with Crippen molar-refractivity contribution < 1.29 is 57.3 Å². The molecular weight excluding hydrogens is 653 g/mol. The molecule has 0 spiro atoms. The van der Waals surface area contributed by atoms with E-state index in [1.165, 1.54) is 83.5 Å². The predicted molar refractivity (Wildman–Crippen MR) is 195 cm³/mol. The maximum Gasteiger partial charge on any atom is 0.472 e. The van der Waals surface area contributed by atoms with E-state index in [9.17, 15) is 24.8 Å². The number of rotatable bonds is 38. The van der Waals surface area contributed by atoms with Gasteiger partial charge in [0.25, 0.3) is 0 Å². The van der Waals surface area contributed by atoms with Gasteiger partial charge in [0.15, 0.2) is 0 Å². The summed E-state index contributed by atoms with van der Waals surface area (Å²) in [5.41, 5.74) is 0. The summed E-state index contributed by atoms with van der Waals surface area (Å²) in [7, 11) is -2.59. The third kappa shape index (κ3) is 35.7. The number of likely N-dealkylation sites (N-methyl/N-ethyl adjacent to an activating group) is 1. The van der Waals surface area contributed by atoms with Crippen LogP contribution in [0.15, 0.2) is 12.2 Å². The first-order valence-corrected chi connectivity index (χ1v) is 20.4. The minimum Gasteiger partial charge on any atom is -0.388 e. The van der Waals surface area contributed by atoms with Crippen molar-refractivity contribution in [2.45, 2.75) is 129 Å². The number of aliphatic hydroxyl groups excluding tert-OH is 3. The van der Waals surface area contributed by atoms with Gasteiger partial charge in [-0.3, -0.25) is 9.05 Å². The van der Waals surface area contributed by atoms with E-state index in [4.69, 9.17) is 28.0 Å². The van der Waals surface area contributed by atoms with Crippen molar-refractivity contribution in [3.05, 3.63) is 12.2 Å². The summed E-state index contributed by atoms with van der Waals surface area (Å²) in [4.78, 5) is 9.86. The fraction of sp³-hybridized carbons (Fsp3) is 0.944. The molecular formula is C36H75NO11P+. The highest BCUT2D eigenvalue weighted by atomic mass is 31.2. The molecule has 0 aliphatic carbocycles. The lowest BCUT2D eigenvalue weighted by molar-refractivity contribution is -0.917. The molecule has 4 atom stereocenters. The van der Waals surface area contributed by atoms with E-state index >= 15 is 0 Å². The SMILES string of the molecule is CCCCCCCC/C=C/CCCCCCCCOCCOCCOCCOCCOP(=O)(O)OCC(O)C[N+](C)(CC(C)O)CC(C)O. The predicted octanol–water partition coefficient (Wildman–Crippen LogP) is 5.79. The maximum atomic E-state index is 12.1. The molecule has 0 aromatic carbocycles. The van der Waals surface area contributed by atoms with Gasteiger partial charge in [-0.25, -0.2) is 4.57 Å². The van der Waals surface area contributed by atoms with E-state index < -0.39 is 32.7 Å². The summed E-state index contributed by atoms with van der Waals surface area (Å²) < 4.78 is 44.0. The van der Waals surface area contributed by atoms with Gasteiger partial charge in [-0.1, -0.05) is 76.9 Å². The number of hydrogen-bond donors (Lipinski definition) is 4. The maximum absolute atomic E-state index is 12.1. The summed E-state index contributed by atoms with van der Waals surface area (Å²) in [5.74, 6) is 0. The monoisotopic (exact) mass is 729 g/mol. The van der Waals surface area contributed by atoms with Gasteiger partial charge in [-0.05, 0) is 46.0 Å². The Morgan fingerprint density at radius 1 is 0.571 bits per heavy atom. The van der Waals surface area contributed by atoms with Crippen LogP contribution in [0.1, 0.15) is 111 Å². The molecule has 294 valence electrons. The van der Waals surface area contributed by atoms with Gasteiger partial charge in [-0.15, -0.1) is 0 Å². The number of nitrogens with zero attached hydrogens (tertiary/aromatic N) is 1. The second-order valence-corrected chi connectivity index (χ2v) is 15.0. The molecule has 0 fully saturated rings. The van der Waals surface area contributed by atoms with E-state index in [1.54, 1.807) is 20.9 Å². The van der Waals surface area contributed by atoms with Gasteiger partial charge in [0.1, 0.15) is 37.9 Å². The van der Waals surface area contributed by atoms with E-state index in [0.717, 1.165) is 13.0 Å². The molecule has 0 aromatic rings. The molecule has 13 heteroatoms. The number of phosphoric ester groups is 1. The van der Waals surface area contributed by atoms with Crippen LogP contribution in [0.5, 0.6) is 0 Å². The molecule has 0 heterocycles. The summed E-state index contributed by atoms with van der Waals surface area (Å²) in [6, 6.07) is 0. The number of hydrogen-bond acceptors (Lipinski definition) is 10. The molecule has 0 aliphatic rings. The van der Waals surface area contributed by atoms with Crippen LogP contribution in [0.25, 0.3) is 0 Å². The lowest BCUT2D eigenvalue weighted by atomic mass is 10.1. The second-order valence-electron chi connectivity index (χ2n) is 13.5. The van der Waals surface area contributed by atoms with E-state index in [1.807, 2.05) is 0 Å². The number of aliphatic hydroxyl groups is 3. The van der Waals surface area contributed by atoms with Crippen LogP contribution in [0, 0.1) is 0 Å². The molecule has 4 unspecified atom stereocenters. The molecule has 0 aromatic heterocycles. The number of unbranched alkanes of at least 4 members (excludes halogenated alkanes) is 12. The molecule has 4 N–H and O–H groups in total. The minimum atomic E-state index is -4.37. The van der Waals surface area contributed by atoms with Crippen molar-refractivity contribution in [3.63, 3.8) is 0 Å². The third-order valence-electron chi connectivity index (χ3n) is 7.89. The highest BCUT2D eigenvalue weighted by molar-refractivity contribution is 7.47. The van der Waals surface area contributed by atoms with Crippen molar-refractivity contribution in [2.75, 3.05) is 92.8 Å². The number of allylic oxidation sites excluding steroid dienone is 2. The van der Waals surface area contributed by atoms with Crippen LogP contribution in [0.2, 0.25) is 0 Å². The number of quaternary nitrogens is 1. The number of ether oxygens (including phenoxy) is 4. The van der Waals surface area contributed by atoms with Gasteiger partial charge >= 0.3 is 7.82 Å². The Hall–Kier alpha value is -0.470. The largest absolute Gasteiger partial charge is 0.472 e. The summed E-state index contributed by atoms with van der Waals surface area (Å²) >= 11 is 0. The van der Waals surface area contributed by atoms with Gasteiger partial charge in [0.05, 0.1) is 66.5 Å². The smallest absolute Gasteiger partial charge is 0.388 e. The fourth-order valence-electron chi connectivity index (χ4n) is 5.70. The van der Waals surface area contributed by atoms with Gasteiger partial charge < -0.3 is 43.6 Å². The molecule has 0 saturated carbocycles. The summed E-state index contributed by atoms with van der Waals surface area (Å²) in [6.07, 6.45) is 20.5. The molecule has 0 aliphatic heterocycles. The molecule has 49 heavy (non-hydrogen) atoms. The Balaban J connectivity index is 3.50. The first-order valence-electron chi connectivity index (χ1n) is 18.9. The highest BCUT2D eigenvalue weighted by Crippen LogP contribution is 2.43. The average Bonchev–Trinajstić information content (AvgIpc) is 3.02. The molecule has 0 bridgehead atoms. The fourth-order valence-corrected chi connectivity index (χ4v) is 6.44. The Morgan fingerprint density at radius 2 is 0.980 bits per heavy atom. The Morgan fingerprint density at radius 3 is 1.45 bits per heavy atom. The zero-order valence-electron chi connectivity index (χ0n) is 31.5. The Labute approximate surface area is 298 Å². The summed E-state index contributed by atoms with van der Waals surface area (Å²) in [6.45, 7) is 9.15. The standard InChI is InChI=1S/C36H74NO11P/c1-5-6-7-8-9-10-11-12-13-14-15-16-17-18-19-20-21-43-22-23-44-24-25-45-26-27-46-28-29-47-49(41,42)48-33-36(40)32-37(4,30-34(2)38)31-35(3)39/h12-13,34-36,38-40H,5-11,14-33H2,1-4H3/p+1/b13-12+. The normalized spacial score (nSPS) is 16.5. The zero-order valence-corrected chi connectivity index (χ0v) is 32.4. The van der Waals surface area contributed by atoms with Crippen molar-refractivity contribution in [1.29, 1.82) is 0 Å². The van der Waals surface area contributed by atoms with Crippen molar-refractivity contribution in [3.8, 4) is 0 Å². The topological polar surface area (TPSA) is 153 Å². The zero-order chi connectivity index (χ0) is 36.5. The van der Waals surface area contributed by atoms with Crippen LogP contribution in [-0.4, -0.2) is 136 Å². The van der Waals surface area contributed by atoms with Crippen LogP contribution in [0.4, 0.5) is 0 Å². The number of phosphoric acid groups is 1. The molecule has 0 rings (SSSR count). The molecule has 12 nitrogen and oxygen atoms in total. The minimum absolute atomic E-state index is 0.0718. The molecule has 0 amide bonds.